The van der Waals surface area contributed by atoms with Crippen LogP contribution in [0.25, 0.3) is 6.08 Å². The predicted octanol–water partition coefficient (Wildman–Crippen LogP) is 3.91. The van der Waals surface area contributed by atoms with Crippen LogP contribution in [0.5, 0.6) is 17.2 Å². The van der Waals surface area contributed by atoms with Crippen molar-refractivity contribution in [3.63, 3.8) is 0 Å². The quantitative estimate of drug-likeness (QED) is 0.439. The zero-order valence-electron chi connectivity index (χ0n) is 16.1. The van der Waals surface area contributed by atoms with Crippen LogP contribution < -0.4 is 14.2 Å². The molecule has 0 spiro atoms. The number of ether oxygens (including phenoxy) is 3. The molecule has 1 heterocycles. The highest BCUT2D eigenvalue weighted by Gasteiger charge is 2.06. The number of hydrogen-bond donors (Lipinski definition) is 0. The molecule has 3 rings (SSSR count). The summed E-state index contributed by atoms with van der Waals surface area (Å²) in [4.78, 5) is 16.6. The smallest absolute Gasteiger partial charge is 0.185 e. The molecule has 0 saturated heterocycles. The SMILES string of the molecule is COc1ccc(/C=C/C(=O)c2ccc(OCc3nccn3C)cc2)c(OC)c1. The number of nitrogens with zero attached hydrogens (tertiary/aromatic N) is 2. The number of hydrogen-bond acceptors (Lipinski definition) is 5. The van der Waals surface area contributed by atoms with Gasteiger partial charge in [0.2, 0.25) is 0 Å². The molecular formula is C22H22N2O4. The van der Waals surface area contributed by atoms with Gasteiger partial charge in [-0.05, 0) is 48.6 Å². The van der Waals surface area contributed by atoms with Crippen molar-refractivity contribution in [1.82, 2.24) is 9.55 Å². The Morgan fingerprint density at radius 3 is 2.46 bits per heavy atom. The van der Waals surface area contributed by atoms with Gasteiger partial charge >= 0.3 is 0 Å². The molecule has 0 N–H and O–H groups in total. The van der Waals surface area contributed by atoms with Crippen LogP contribution in [-0.4, -0.2) is 29.6 Å². The van der Waals surface area contributed by atoms with Crippen LogP contribution >= 0.6 is 0 Å². The van der Waals surface area contributed by atoms with Gasteiger partial charge < -0.3 is 18.8 Å². The molecule has 0 unspecified atom stereocenters. The average molecular weight is 378 g/mol. The zero-order chi connectivity index (χ0) is 19.9. The third-order valence-electron chi connectivity index (χ3n) is 4.28. The predicted molar refractivity (Wildman–Crippen MR) is 107 cm³/mol. The number of aryl methyl sites for hydroxylation is 1. The standard InChI is InChI=1S/C22H22N2O4/c1-24-13-12-23-22(24)15-28-18-8-4-16(5-9-18)20(25)11-7-17-6-10-19(26-2)14-21(17)27-3/h4-14H,15H2,1-3H3/b11-7+. The lowest BCUT2D eigenvalue weighted by molar-refractivity contribution is 0.104. The molecule has 28 heavy (non-hydrogen) atoms. The molecule has 0 aliphatic heterocycles. The van der Waals surface area contributed by atoms with E-state index in [2.05, 4.69) is 4.98 Å². The number of aromatic nitrogens is 2. The van der Waals surface area contributed by atoms with Gasteiger partial charge in [-0.25, -0.2) is 4.98 Å². The minimum Gasteiger partial charge on any atom is -0.497 e. The van der Waals surface area contributed by atoms with Gasteiger partial charge in [0.1, 0.15) is 29.7 Å². The van der Waals surface area contributed by atoms with Gasteiger partial charge in [0.25, 0.3) is 0 Å². The van der Waals surface area contributed by atoms with Crippen LogP contribution in [0.3, 0.4) is 0 Å². The number of carbonyl (C=O) groups is 1. The first-order chi connectivity index (χ1) is 13.6. The summed E-state index contributed by atoms with van der Waals surface area (Å²) in [6.45, 7) is 0.369. The Balaban J connectivity index is 1.64. The van der Waals surface area contributed by atoms with Gasteiger partial charge in [-0.1, -0.05) is 0 Å². The Morgan fingerprint density at radius 2 is 1.82 bits per heavy atom. The first-order valence-corrected chi connectivity index (χ1v) is 8.74. The Bertz CT molecular complexity index is 974. The fourth-order valence-electron chi connectivity index (χ4n) is 2.62. The van der Waals surface area contributed by atoms with Gasteiger partial charge in [0.05, 0.1) is 14.2 Å². The second-order valence-electron chi connectivity index (χ2n) is 6.07. The summed E-state index contributed by atoms with van der Waals surface area (Å²) in [7, 11) is 5.09. The van der Waals surface area contributed by atoms with E-state index in [1.165, 1.54) is 6.08 Å². The van der Waals surface area contributed by atoms with Gasteiger partial charge in [0, 0.05) is 36.6 Å². The zero-order valence-corrected chi connectivity index (χ0v) is 16.1. The lowest BCUT2D eigenvalue weighted by Gasteiger charge is -2.07. The van der Waals surface area contributed by atoms with Crippen molar-refractivity contribution >= 4 is 11.9 Å². The minimum atomic E-state index is -0.103. The Labute approximate surface area is 164 Å². The molecule has 0 amide bonds. The Morgan fingerprint density at radius 1 is 1.07 bits per heavy atom. The fourth-order valence-corrected chi connectivity index (χ4v) is 2.62. The maximum Gasteiger partial charge on any atom is 0.185 e. The molecular weight excluding hydrogens is 356 g/mol. The largest absolute Gasteiger partial charge is 0.497 e. The monoisotopic (exact) mass is 378 g/mol. The van der Waals surface area contributed by atoms with E-state index in [1.807, 2.05) is 29.9 Å². The highest BCUT2D eigenvalue weighted by atomic mass is 16.5. The average Bonchev–Trinajstić information content (AvgIpc) is 3.15. The normalized spacial score (nSPS) is 10.8. The fraction of sp³-hybridized carbons (Fsp3) is 0.182. The number of ketones is 1. The molecule has 6 heteroatoms. The van der Waals surface area contributed by atoms with Gasteiger partial charge in [-0.3, -0.25) is 4.79 Å². The summed E-state index contributed by atoms with van der Waals surface area (Å²) < 4.78 is 18.1. The molecule has 0 saturated carbocycles. The second kappa shape index (κ2) is 8.90. The molecule has 144 valence electrons. The Kier molecular flexibility index (Phi) is 6.11. The molecule has 6 nitrogen and oxygen atoms in total. The highest BCUT2D eigenvalue weighted by molar-refractivity contribution is 6.07. The van der Waals surface area contributed by atoms with Crippen molar-refractivity contribution in [2.75, 3.05) is 14.2 Å². The van der Waals surface area contributed by atoms with E-state index >= 15 is 0 Å². The van der Waals surface area contributed by atoms with Crippen LogP contribution in [-0.2, 0) is 13.7 Å². The van der Waals surface area contributed by atoms with Crippen LogP contribution in [0.2, 0.25) is 0 Å². The topological polar surface area (TPSA) is 62.6 Å². The first-order valence-electron chi connectivity index (χ1n) is 8.74. The summed E-state index contributed by atoms with van der Waals surface area (Å²) in [6, 6.07) is 12.5. The van der Waals surface area contributed by atoms with Crippen molar-refractivity contribution < 1.29 is 19.0 Å². The summed E-state index contributed by atoms with van der Waals surface area (Å²) in [5, 5.41) is 0. The van der Waals surface area contributed by atoms with Crippen molar-refractivity contribution in [3.8, 4) is 17.2 Å². The molecule has 0 aliphatic rings. The number of carbonyl (C=O) groups excluding carboxylic acids is 1. The summed E-state index contributed by atoms with van der Waals surface area (Å²) in [5.74, 6) is 2.74. The van der Waals surface area contributed by atoms with Crippen LogP contribution in [0.1, 0.15) is 21.7 Å². The third-order valence-corrected chi connectivity index (χ3v) is 4.28. The lowest BCUT2D eigenvalue weighted by atomic mass is 10.1. The van der Waals surface area contributed by atoms with Crippen molar-refractivity contribution in [2.45, 2.75) is 6.61 Å². The highest BCUT2D eigenvalue weighted by Crippen LogP contribution is 2.25. The number of methoxy groups -OCH3 is 2. The van der Waals surface area contributed by atoms with Crippen molar-refractivity contribution in [1.29, 1.82) is 0 Å². The van der Waals surface area contributed by atoms with E-state index in [0.29, 0.717) is 29.4 Å². The number of imidazole rings is 1. The van der Waals surface area contributed by atoms with E-state index < -0.39 is 0 Å². The second-order valence-corrected chi connectivity index (χ2v) is 6.07. The minimum absolute atomic E-state index is 0.103. The van der Waals surface area contributed by atoms with Crippen molar-refractivity contribution in [2.24, 2.45) is 7.05 Å². The Hall–Kier alpha value is -3.54. The molecule has 0 aliphatic carbocycles. The lowest BCUT2D eigenvalue weighted by Crippen LogP contribution is -2.03. The molecule has 0 fully saturated rings. The van der Waals surface area contributed by atoms with Crippen molar-refractivity contribution in [3.05, 3.63) is 77.9 Å². The van der Waals surface area contributed by atoms with Crippen LogP contribution in [0.15, 0.2) is 60.9 Å². The third kappa shape index (κ3) is 4.59. The van der Waals surface area contributed by atoms with E-state index in [4.69, 9.17) is 14.2 Å². The van der Waals surface area contributed by atoms with Crippen LogP contribution in [0, 0.1) is 0 Å². The number of benzene rings is 2. The van der Waals surface area contributed by atoms with Gasteiger partial charge in [-0.2, -0.15) is 0 Å². The number of allylic oxidation sites excluding steroid dienone is 1. The summed E-state index contributed by atoms with van der Waals surface area (Å²) in [6.07, 6.45) is 6.84. The molecule has 3 aromatic rings. The van der Waals surface area contributed by atoms with Crippen LogP contribution in [0.4, 0.5) is 0 Å². The summed E-state index contributed by atoms with van der Waals surface area (Å²) in [5.41, 5.74) is 1.37. The summed E-state index contributed by atoms with van der Waals surface area (Å²) >= 11 is 0. The first kappa shape index (κ1) is 19.2. The number of rotatable bonds is 8. The molecule has 1 aromatic heterocycles. The van der Waals surface area contributed by atoms with E-state index in [1.54, 1.807) is 56.8 Å². The maximum atomic E-state index is 12.4. The molecule has 0 bridgehead atoms. The van der Waals surface area contributed by atoms with Gasteiger partial charge in [0.15, 0.2) is 5.78 Å². The van der Waals surface area contributed by atoms with Gasteiger partial charge in [-0.15, -0.1) is 0 Å². The van der Waals surface area contributed by atoms with E-state index in [9.17, 15) is 4.79 Å². The molecule has 0 atom stereocenters. The van der Waals surface area contributed by atoms with E-state index in [-0.39, 0.29) is 5.78 Å². The molecule has 2 aromatic carbocycles. The van der Waals surface area contributed by atoms with E-state index in [0.717, 1.165) is 11.4 Å². The molecule has 0 radical (unpaired) electrons. The maximum absolute atomic E-state index is 12.4.